The molecule has 0 spiro atoms. The van der Waals surface area contributed by atoms with Crippen LogP contribution in [-0.4, -0.2) is 53.6 Å². The summed E-state index contributed by atoms with van der Waals surface area (Å²) in [6, 6.07) is 0. The Balaban J connectivity index is 2.81. The molecule has 258 valence electrons. The van der Waals surface area contributed by atoms with Crippen LogP contribution in [0.4, 0.5) is 0 Å². The molecule has 6 nitrogen and oxygen atoms in total. The number of nitrogens with zero attached hydrogens (tertiary/aromatic N) is 3. The van der Waals surface area contributed by atoms with Crippen LogP contribution in [0.1, 0.15) is 192 Å². The fraction of sp³-hybridized carbons (Fsp3) is 0.769. The van der Waals surface area contributed by atoms with Crippen molar-refractivity contribution >= 4 is 18.6 Å². The van der Waals surface area contributed by atoms with Crippen LogP contribution in [0.3, 0.4) is 0 Å². The molecule has 1 rings (SSSR count). The summed E-state index contributed by atoms with van der Waals surface area (Å²) in [5.74, 6) is -0.571. The Hall–Kier alpha value is -2.37. The van der Waals surface area contributed by atoms with Crippen LogP contribution < -0.4 is 0 Å². The van der Waals surface area contributed by atoms with Gasteiger partial charge in [-0.15, -0.1) is 0 Å². The van der Waals surface area contributed by atoms with E-state index in [0.29, 0.717) is 19.6 Å². The van der Waals surface area contributed by atoms with E-state index in [9.17, 15) is 15.3 Å². The summed E-state index contributed by atoms with van der Waals surface area (Å²) in [5.41, 5.74) is 0.651. The topological polar surface area (TPSA) is 97.8 Å². The summed E-state index contributed by atoms with van der Waals surface area (Å²) in [5, 5.41) is 33.2. The van der Waals surface area contributed by atoms with Crippen molar-refractivity contribution in [2.45, 2.75) is 175 Å². The van der Waals surface area contributed by atoms with Gasteiger partial charge in [0.25, 0.3) is 0 Å². The number of phenols is 3. The molecule has 0 unspecified atom stereocenters. The molecule has 0 heterocycles. The molecule has 0 aliphatic rings. The predicted octanol–water partition coefficient (Wildman–Crippen LogP) is 11.5. The molecule has 0 aliphatic heterocycles. The first-order valence-corrected chi connectivity index (χ1v) is 18.9. The zero-order valence-electron chi connectivity index (χ0n) is 29.5. The number of unbranched alkanes of at least 4 members (excludes halogenated alkanes) is 21. The maximum Gasteiger partial charge on any atom is 0.140 e. The average Bonchev–Trinajstić information content (AvgIpc) is 3.04. The Kier molecular flexibility index (Phi) is 26.3. The van der Waals surface area contributed by atoms with E-state index in [1.807, 2.05) is 0 Å². The molecular weight excluding hydrogens is 558 g/mol. The second-order valence-electron chi connectivity index (χ2n) is 12.8. The molecule has 3 N–H and O–H groups in total. The van der Waals surface area contributed by atoms with Crippen LogP contribution in [0, 0.1) is 0 Å². The second kappa shape index (κ2) is 29.1. The molecule has 0 amide bonds. The molecule has 6 heteroatoms. The fourth-order valence-corrected chi connectivity index (χ4v) is 5.62. The average molecular weight is 628 g/mol. The van der Waals surface area contributed by atoms with Crippen molar-refractivity contribution in [3.8, 4) is 17.2 Å². The van der Waals surface area contributed by atoms with E-state index in [4.69, 9.17) is 0 Å². The third-order valence-corrected chi connectivity index (χ3v) is 8.61. The minimum Gasteiger partial charge on any atom is -0.506 e. The summed E-state index contributed by atoms with van der Waals surface area (Å²) in [6.45, 7) is 8.63. The summed E-state index contributed by atoms with van der Waals surface area (Å²) in [4.78, 5) is 13.6. The van der Waals surface area contributed by atoms with Crippen molar-refractivity contribution < 1.29 is 15.3 Å². The number of hydrogen-bond acceptors (Lipinski definition) is 6. The summed E-state index contributed by atoms with van der Waals surface area (Å²) >= 11 is 0. The van der Waals surface area contributed by atoms with Crippen molar-refractivity contribution in [1.29, 1.82) is 0 Å². The largest absolute Gasteiger partial charge is 0.506 e. The highest BCUT2D eigenvalue weighted by Gasteiger charge is 2.21. The molecule has 0 saturated carbocycles. The van der Waals surface area contributed by atoms with Crippen LogP contribution in [0.15, 0.2) is 15.0 Å². The maximum atomic E-state index is 11.1. The van der Waals surface area contributed by atoms with Gasteiger partial charge in [-0.05, 0) is 19.3 Å². The lowest BCUT2D eigenvalue weighted by Gasteiger charge is -2.12. The lowest BCUT2D eigenvalue weighted by Crippen LogP contribution is -1.99. The summed E-state index contributed by atoms with van der Waals surface area (Å²) in [6.07, 6.45) is 34.0. The highest BCUT2D eigenvalue weighted by atomic mass is 16.3. The van der Waals surface area contributed by atoms with E-state index in [0.717, 1.165) is 38.5 Å². The molecule has 1 aromatic rings. The van der Waals surface area contributed by atoms with Crippen LogP contribution >= 0.6 is 0 Å². The van der Waals surface area contributed by atoms with Crippen molar-refractivity contribution in [3.63, 3.8) is 0 Å². The minimum absolute atomic E-state index is 0.190. The first-order valence-electron chi connectivity index (χ1n) is 18.9. The predicted molar refractivity (Wildman–Crippen MR) is 197 cm³/mol. The maximum absolute atomic E-state index is 11.1. The Morgan fingerprint density at radius 1 is 0.333 bits per heavy atom. The highest BCUT2D eigenvalue weighted by molar-refractivity contribution is 6.03. The van der Waals surface area contributed by atoms with Crippen LogP contribution in [0.5, 0.6) is 17.2 Å². The molecule has 0 aromatic heterocycles. The van der Waals surface area contributed by atoms with Crippen molar-refractivity contribution in [2.75, 3.05) is 19.6 Å². The van der Waals surface area contributed by atoms with Crippen LogP contribution in [0.2, 0.25) is 0 Å². The fourth-order valence-electron chi connectivity index (χ4n) is 5.62. The van der Waals surface area contributed by atoms with E-state index >= 15 is 0 Å². The zero-order valence-corrected chi connectivity index (χ0v) is 29.5. The summed E-state index contributed by atoms with van der Waals surface area (Å²) in [7, 11) is 0. The van der Waals surface area contributed by atoms with Gasteiger partial charge < -0.3 is 15.3 Å². The van der Waals surface area contributed by atoms with Crippen LogP contribution in [0.25, 0.3) is 0 Å². The van der Waals surface area contributed by atoms with Crippen molar-refractivity contribution in [3.05, 3.63) is 16.7 Å². The number of rotatable bonds is 30. The van der Waals surface area contributed by atoms with Crippen molar-refractivity contribution in [2.24, 2.45) is 15.0 Å². The number of benzene rings is 1. The van der Waals surface area contributed by atoms with Gasteiger partial charge >= 0.3 is 0 Å². The van der Waals surface area contributed by atoms with Gasteiger partial charge in [-0.25, -0.2) is 0 Å². The highest BCUT2D eigenvalue weighted by Crippen LogP contribution is 2.39. The first-order chi connectivity index (χ1) is 22.1. The molecule has 1 aromatic carbocycles. The molecule has 0 saturated heterocycles. The van der Waals surface area contributed by atoms with Gasteiger partial charge in [0.1, 0.15) is 17.2 Å². The number of hydrogen-bond donors (Lipinski definition) is 3. The number of aliphatic imine (C=N–C) groups is 3. The van der Waals surface area contributed by atoms with E-state index in [1.54, 1.807) is 0 Å². The third kappa shape index (κ3) is 19.7. The lowest BCUT2D eigenvalue weighted by molar-refractivity contribution is 0.424. The Morgan fingerprint density at radius 3 is 0.756 bits per heavy atom. The number of phenolic OH excluding ortho intramolecular Hbond substituents is 3. The molecule has 0 aliphatic carbocycles. The summed E-state index contributed by atoms with van der Waals surface area (Å²) < 4.78 is 0. The van der Waals surface area contributed by atoms with Gasteiger partial charge in [0.05, 0.1) is 16.7 Å². The molecular formula is C39H69N3O3. The quantitative estimate of drug-likeness (QED) is 0.0584. The molecule has 0 atom stereocenters. The normalized spacial score (nSPS) is 12.1. The van der Waals surface area contributed by atoms with Gasteiger partial charge in [-0.3, -0.25) is 15.0 Å². The van der Waals surface area contributed by atoms with E-state index in [2.05, 4.69) is 35.7 Å². The first kappa shape index (κ1) is 40.7. The minimum atomic E-state index is -0.190. The molecule has 0 radical (unpaired) electrons. The van der Waals surface area contributed by atoms with E-state index < -0.39 is 0 Å². The van der Waals surface area contributed by atoms with Gasteiger partial charge in [0, 0.05) is 38.3 Å². The lowest BCUT2D eigenvalue weighted by atomic mass is 10.0. The van der Waals surface area contributed by atoms with Gasteiger partial charge in [0.2, 0.25) is 0 Å². The molecule has 0 fully saturated rings. The molecule has 45 heavy (non-hydrogen) atoms. The van der Waals surface area contributed by atoms with Gasteiger partial charge in [0.15, 0.2) is 0 Å². The second-order valence-corrected chi connectivity index (χ2v) is 12.8. The van der Waals surface area contributed by atoms with E-state index in [1.165, 1.54) is 134 Å². The SMILES string of the molecule is CCCCCCCCCCN=Cc1c(O)c(C=NCCCCCCCCCC)c(O)c(C=NCCCCCCCCCC)c1O. The smallest absolute Gasteiger partial charge is 0.140 e. The monoisotopic (exact) mass is 628 g/mol. The Bertz CT molecular complexity index is 802. The third-order valence-electron chi connectivity index (χ3n) is 8.61. The zero-order chi connectivity index (χ0) is 32.8. The number of aromatic hydroxyl groups is 3. The van der Waals surface area contributed by atoms with E-state index in [-0.39, 0.29) is 33.9 Å². The van der Waals surface area contributed by atoms with Gasteiger partial charge in [-0.1, -0.05) is 156 Å². The van der Waals surface area contributed by atoms with Crippen LogP contribution in [-0.2, 0) is 0 Å². The standard InChI is InChI=1S/C39H69N3O3/c1-4-7-10-13-16-19-22-25-28-40-31-34-37(43)35(32-41-29-26-23-20-17-14-11-8-5-2)39(45)36(38(34)44)33-42-30-27-24-21-18-15-12-9-6-3/h31-33,43-45H,4-30H2,1-3H3. The Morgan fingerprint density at radius 2 is 0.533 bits per heavy atom. The van der Waals surface area contributed by atoms with Gasteiger partial charge in [-0.2, -0.15) is 0 Å². The molecule has 0 bridgehead atoms. The van der Waals surface area contributed by atoms with Crippen molar-refractivity contribution in [1.82, 2.24) is 0 Å². The Labute approximate surface area is 277 Å².